The number of ether oxygens (including phenoxy) is 1. The van der Waals surface area contributed by atoms with Crippen molar-refractivity contribution in [2.75, 3.05) is 26.8 Å². The molecule has 0 radical (unpaired) electrons. The summed E-state index contributed by atoms with van der Waals surface area (Å²) in [6.07, 6.45) is 0.897. The lowest BCUT2D eigenvalue weighted by Crippen LogP contribution is -2.37. The van der Waals surface area contributed by atoms with Crippen molar-refractivity contribution in [1.82, 2.24) is 5.32 Å². The van der Waals surface area contributed by atoms with Gasteiger partial charge in [-0.1, -0.05) is 6.07 Å². The van der Waals surface area contributed by atoms with Gasteiger partial charge in [0.25, 0.3) is 0 Å². The zero-order valence-corrected chi connectivity index (χ0v) is 12.4. The number of hydrogen-bond acceptors (Lipinski definition) is 4. The first-order chi connectivity index (χ1) is 9.01. The van der Waals surface area contributed by atoms with Gasteiger partial charge in [-0.05, 0) is 56.0 Å². The smallest absolute Gasteiger partial charge is 0.125 e. The standard InChI is InChI=1S/C15H26N2O2/c1-10-7-11(2)14(15(19-4)12(10)3)5-6-17-8-13(16)9-18/h7,13,17-18H,5-6,8-9,16H2,1-4H3. The van der Waals surface area contributed by atoms with Crippen molar-refractivity contribution < 1.29 is 9.84 Å². The van der Waals surface area contributed by atoms with E-state index < -0.39 is 0 Å². The summed E-state index contributed by atoms with van der Waals surface area (Å²) in [5.74, 6) is 0.991. The van der Waals surface area contributed by atoms with E-state index in [1.807, 2.05) is 0 Å². The van der Waals surface area contributed by atoms with E-state index in [9.17, 15) is 0 Å². The molecule has 0 aliphatic rings. The van der Waals surface area contributed by atoms with Gasteiger partial charge in [-0.3, -0.25) is 0 Å². The molecule has 1 unspecified atom stereocenters. The van der Waals surface area contributed by atoms with Crippen LogP contribution in [0, 0.1) is 20.8 Å². The van der Waals surface area contributed by atoms with Crippen LogP contribution >= 0.6 is 0 Å². The number of aliphatic hydroxyl groups is 1. The van der Waals surface area contributed by atoms with Gasteiger partial charge >= 0.3 is 0 Å². The third-order valence-electron chi connectivity index (χ3n) is 3.51. The van der Waals surface area contributed by atoms with E-state index in [2.05, 4.69) is 32.2 Å². The van der Waals surface area contributed by atoms with Crippen molar-refractivity contribution in [1.29, 1.82) is 0 Å². The normalized spacial score (nSPS) is 12.5. The van der Waals surface area contributed by atoms with Gasteiger partial charge < -0.3 is 20.9 Å². The Balaban J connectivity index is 2.70. The van der Waals surface area contributed by atoms with E-state index >= 15 is 0 Å². The molecule has 1 rings (SSSR count). The minimum absolute atomic E-state index is 0.0129. The van der Waals surface area contributed by atoms with Crippen LogP contribution in [0.1, 0.15) is 22.3 Å². The number of nitrogens with one attached hydrogen (secondary N) is 1. The minimum atomic E-state index is -0.192. The highest BCUT2D eigenvalue weighted by molar-refractivity contribution is 5.49. The van der Waals surface area contributed by atoms with Crippen molar-refractivity contribution in [3.63, 3.8) is 0 Å². The summed E-state index contributed by atoms with van der Waals surface area (Å²) < 4.78 is 5.54. The summed E-state index contributed by atoms with van der Waals surface area (Å²) in [6.45, 7) is 7.78. The topological polar surface area (TPSA) is 67.5 Å². The Morgan fingerprint density at radius 3 is 2.58 bits per heavy atom. The lowest BCUT2D eigenvalue weighted by molar-refractivity contribution is 0.262. The number of methoxy groups -OCH3 is 1. The third-order valence-corrected chi connectivity index (χ3v) is 3.51. The van der Waals surface area contributed by atoms with E-state index in [0.29, 0.717) is 6.54 Å². The number of aryl methyl sites for hydroxylation is 2. The highest BCUT2D eigenvalue weighted by Gasteiger charge is 2.12. The maximum atomic E-state index is 8.86. The molecule has 0 amide bonds. The van der Waals surface area contributed by atoms with Crippen molar-refractivity contribution in [3.05, 3.63) is 28.3 Å². The molecule has 0 heterocycles. The second-order valence-electron chi connectivity index (χ2n) is 5.04. The minimum Gasteiger partial charge on any atom is -0.496 e. The summed E-state index contributed by atoms with van der Waals surface area (Å²) in [5, 5.41) is 12.1. The number of aliphatic hydroxyl groups excluding tert-OH is 1. The number of benzene rings is 1. The first-order valence-corrected chi connectivity index (χ1v) is 6.72. The first kappa shape index (κ1) is 16.0. The zero-order valence-electron chi connectivity index (χ0n) is 12.4. The van der Waals surface area contributed by atoms with E-state index in [1.54, 1.807) is 7.11 Å². The van der Waals surface area contributed by atoms with Crippen LogP contribution < -0.4 is 15.8 Å². The van der Waals surface area contributed by atoms with Gasteiger partial charge in [0.15, 0.2) is 0 Å². The zero-order chi connectivity index (χ0) is 14.4. The molecule has 0 aromatic heterocycles. The van der Waals surface area contributed by atoms with Crippen LogP contribution in [0.5, 0.6) is 5.75 Å². The van der Waals surface area contributed by atoms with Gasteiger partial charge in [0.2, 0.25) is 0 Å². The Morgan fingerprint density at radius 1 is 1.32 bits per heavy atom. The van der Waals surface area contributed by atoms with Crippen LogP contribution in [-0.2, 0) is 6.42 Å². The molecule has 1 aromatic carbocycles. The Hall–Kier alpha value is -1.10. The lowest BCUT2D eigenvalue weighted by Gasteiger charge is -2.17. The van der Waals surface area contributed by atoms with Crippen LogP contribution in [0.15, 0.2) is 6.07 Å². The largest absolute Gasteiger partial charge is 0.496 e. The second-order valence-corrected chi connectivity index (χ2v) is 5.04. The average Bonchev–Trinajstić information content (AvgIpc) is 2.39. The fraction of sp³-hybridized carbons (Fsp3) is 0.600. The summed E-state index contributed by atoms with van der Waals surface area (Å²) in [4.78, 5) is 0. The maximum Gasteiger partial charge on any atom is 0.125 e. The molecule has 4 heteroatoms. The third kappa shape index (κ3) is 4.20. The fourth-order valence-electron chi connectivity index (χ4n) is 2.26. The molecule has 1 atom stereocenters. The van der Waals surface area contributed by atoms with Crippen LogP contribution in [-0.4, -0.2) is 38.0 Å². The molecular formula is C15H26N2O2. The summed E-state index contributed by atoms with van der Waals surface area (Å²) >= 11 is 0. The molecule has 0 fully saturated rings. The van der Waals surface area contributed by atoms with Gasteiger partial charge in [-0.2, -0.15) is 0 Å². The molecule has 0 spiro atoms. The number of rotatable bonds is 7. The molecule has 4 nitrogen and oxygen atoms in total. The van der Waals surface area contributed by atoms with E-state index in [-0.39, 0.29) is 12.6 Å². The summed E-state index contributed by atoms with van der Waals surface area (Å²) in [6, 6.07) is 2.01. The molecule has 19 heavy (non-hydrogen) atoms. The number of hydrogen-bond donors (Lipinski definition) is 3. The van der Waals surface area contributed by atoms with Crippen molar-refractivity contribution in [3.8, 4) is 5.75 Å². The van der Waals surface area contributed by atoms with Crippen molar-refractivity contribution >= 4 is 0 Å². The van der Waals surface area contributed by atoms with Gasteiger partial charge in [0.1, 0.15) is 5.75 Å². The Labute approximate surface area is 116 Å². The van der Waals surface area contributed by atoms with Crippen molar-refractivity contribution in [2.45, 2.75) is 33.2 Å². The molecule has 108 valence electrons. The summed E-state index contributed by atoms with van der Waals surface area (Å²) in [5.41, 5.74) is 10.6. The Kier molecular flexibility index (Phi) is 6.28. The number of nitrogens with two attached hydrogens (primary N) is 1. The van der Waals surface area contributed by atoms with Crippen LogP contribution in [0.25, 0.3) is 0 Å². The van der Waals surface area contributed by atoms with Crippen molar-refractivity contribution in [2.24, 2.45) is 5.73 Å². The van der Waals surface area contributed by atoms with E-state index in [4.69, 9.17) is 15.6 Å². The molecule has 0 bridgehead atoms. The van der Waals surface area contributed by atoms with Gasteiger partial charge in [0.05, 0.1) is 13.7 Å². The Bertz CT molecular complexity index is 419. The van der Waals surface area contributed by atoms with Crippen LogP contribution in [0.2, 0.25) is 0 Å². The second kappa shape index (κ2) is 7.48. The monoisotopic (exact) mass is 266 g/mol. The highest BCUT2D eigenvalue weighted by atomic mass is 16.5. The van der Waals surface area contributed by atoms with E-state index in [0.717, 1.165) is 18.7 Å². The fourth-order valence-corrected chi connectivity index (χ4v) is 2.26. The first-order valence-electron chi connectivity index (χ1n) is 6.72. The highest BCUT2D eigenvalue weighted by Crippen LogP contribution is 2.29. The average molecular weight is 266 g/mol. The van der Waals surface area contributed by atoms with Crippen LogP contribution in [0.4, 0.5) is 0 Å². The van der Waals surface area contributed by atoms with Crippen LogP contribution in [0.3, 0.4) is 0 Å². The van der Waals surface area contributed by atoms with E-state index in [1.165, 1.54) is 22.3 Å². The van der Waals surface area contributed by atoms with Gasteiger partial charge in [-0.25, -0.2) is 0 Å². The Morgan fingerprint density at radius 2 is 2.00 bits per heavy atom. The predicted molar refractivity (Wildman–Crippen MR) is 78.8 cm³/mol. The lowest BCUT2D eigenvalue weighted by atomic mass is 9.97. The van der Waals surface area contributed by atoms with Gasteiger partial charge in [0, 0.05) is 12.6 Å². The maximum absolute atomic E-state index is 8.86. The molecule has 0 saturated carbocycles. The SMILES string of the molecule is COc1c(C)c(C)cc(C)c1CCNCC(N)CO. The predicted octanol–water partition coefficient (Wildman–Crippen LogP) is 1.07. The molecular weight excluding hydrogens is 240 g/mol. The molecule has 0 aliphatic carbocycles. The molecule has 4 N–H and O–H groups in total. The van der Waals surface area contributed by atoms with Gasteiger partial charge in [-0.15, -0.1) is 0 Å². The molecule has 1 aromatic rings. The molecule has 0 saturated heterocycles. The quantitative estimate of drug-likeness (QED) is 0.646. The molecule has 0 aliphatic heterocycles. The summed E-state index contributed by atoms with van der Waals surface area (Å²) in [7, 11) is 1.72.